The van der Waals surface area contributed by atoms with Gasteiger partial charge in [-0.3, -0.25) is 4.98 Å². The molecule has 1 heterocycles. The molecule has 3 nitrogen and oxygen atoms in total. The third-order valence-corrected chi connectivity index (χ3v) is 2.36. The van der Waals surface area contributed by atoms with Gasteiger partial charge in [0.25, 0.3) is 0 Å². The first-order valence-corrected chi connectivity index (χ1v) is 4.34. The molecule has 0 saturated carbocycles. The maximum absolute atomic E-state index is 11.3. The van der Waals surface area contributed by atoms with Gasteiger partial charge in [0.2, 0.25) is 0 Å². The first kappa shape index (κ1) is 9.92. The van der Waals surface area contributed by atoms with Crippen LogP contribution < -0.4 is 5.32 Å². The smallest absolute Gasteiger partial charge is 0.339 e. The van der Waals surface area contributed by atoms with E-state index in [9.17, 15) is 4.79 Å². The van der Waals surface area contributed by atoms with E-state index in [0.29, 0.717) is 10.9 Å². The van der Waals surface area contributed by atoms with E-state index >= 15 is 0 Å². The van der Waals surface area contributed by atoms with Crippen molar-refractivity contribution in [3.8, 4) is 0 Å². The van der Waals surface area contributed by atoms with Crippen LogP contribution in [0.4, 0.5) is 0 Å². The van der Waals surface area contributed by atoms with Gasteiger partial charge in [0.15, 0.2) is 0 Å². The Morgan fingerprint density at radius 3 is 2.69 bits per heavy atom. The minimum absolute atomic E-state index is 0.362. The molecule has 0 N–H and O–H groups in total. The van der Waals surface area contributed by atoms with Crippen molar-refractivity contribution < 1.29 is 9.53 Å². The molecule has 0 atom stereocenters. The molecule has 0 aliphatic rings. The van der Waals surface area contributed by atoms with Gasteiger partial charge in [0, 0.05) is 11.5 Å². The van der Waals surface area contributed by atoms with Crippen LogP contribution in [0.5, 0.6) is 0 Å². The van der Waals surface area contributed by atoms with Crippen molar-refractivity contribution in [3.05, 3.63) is 22.9 Å². The predicted molar refractivity (Wildman–Crippen MR) is 50.4 cm³/mol. The molecule has 0 aliphatic carbocycles. The SMILES string of the molecule is COC(=O)c1c([Si])ncc(C)c1C. The van der Waals surface area contributed by atoms with Crippen LogP contribution in [-0.4, -0.2) is 28.3 Å². The Balaban J connectivity index is 3.33. The molecule has 3 radical (unpaired) electrons. The Hall–Kier alpha value is -1.16. The fourth-order valence-corrected chi connectivity index (χ4v) is 1.40. The molecule has 4 heteroatoms. The minimum atomic E-state index is -0.362. The molecule has 1 aromatic rings. The highest BCUT2D eigenvalue weighted by atomic mass is 28.1. The lowest BCUT2D eigenvalue weighted by Crippen LogP contribution is -2.22. The van der Waals surface area contributed by atoms with Gasteiger partial charge in [-0.2, -0.15) is 0 Å². The molecule has 0 saturated heterocycles. The van der Waals surface area contributed by atoms with Crippen molar-refractivity contribution in [1.29, 1.82) is 0 Å². The van der Waals surface area contributed by atoms with Crippen LogP contribution in [0.25, 0.3) is 0 Å². The molecular formula is C9H10NO2Si. The van der Waals surface area contributed by atoms with Crippen molar-refractivity contribution in [2.24, 2.45) is 0 Å². The van der Waals surface area contributed by atoms with Crippen molar-refractivity contribution in [1.82, 2.24) is 4.98 Å². The Labute approximate surface area is 80.6 Å². The van der Waals surface area contributed by atoms with Crippen LogP contribution in [0.15, 0.2) is 6.20 Å². The molecule has 0 spiro atoms. The average Bonchev–Trinajstić information content (AvgIpc) is 2.12. The Morgan fingerprint density at radius 2 is 2.15 bits per heavy atom. The van der Waals surface area contributed by atoms with E-state index in [1.165, 1.54) is 7.11 Å². The zero-order valence-electron chi connectivity index (χ0n) is 7.84. The van der Waals surface area contributed by atoms with Gasteiger partial charge < -0.3 is 4.74 Å². The van der Waals surface area contributed by atoms with E-state index in [1.54, 1.807) is 6.20 Å². The highest BCUT2D eigenvalue weighted by Crippen LogP contribution is 2.09. The van der Waals surface area contributed by atoms with Crippen molar-refractivity contribution in [3.63, 3.8) is 0 Å². The first-order chi connectivity index (χ1) is 6.07. The average molecular weight is 192 g/mol. The molecule has 0 unspecified atom stereocenters. The molecule has 0 aromatic carbocycles. The summed E-state index contributed by atoms with van der Waals surface area (Å²) in [6, 6.07) is 0. The fourth-order valence-electron chi connectivity index (χ4n) is 1.05. The number of esters is 1. The maximum atomic E-state index is 11.3. The summed E-state index contributed by atoms with van der Waals surface area (Å²) in [5.41, 5.74) is 2.37. The van der Waals surface area contributed by atoms with E-state index < -0.39 is 0 Å². The summed E-state index contributed by atoms with van der Waals surface area (Å²) in [5.74, 6) is -0.362. The van der Waals surface area contributed by atoms with Gasteiger partial charge in [-0.15, -0.1) is 0 Å². The van der Waals surface area contributed by atoms with Gasteiger partial charge >= 0.3 is 5.97 Å². The number of methoxy groups -OCH3 is 1. The fraction of sp³-hybridized carbons (Fsp3) is 0.333. The lowest BCUT2D eigenvalue weighted by Gasteiger charge is -2.08. The number of rotatable bonds is 1. The topological polar surface area (TPSA) is 39.2 Å². The van der Waals surface area contributed by atoms with E-state index in [1.807, 2.05) is 13.8 Å². The Bertz CT molecular complexity index is 350. The molecule has 0 aliphatic heterocycles. The predicted octanol–water partition coefficient (Wildman–Crippen LogP) is 0.279. The van der Waals surface area contributed by atoms with Crippen LogP contribution in [0.2, 0.25) is 0 Å². The van der Waals surface area contributed by atoms with Gasteiger partial charge in [-0.05, 0) is 25.0 Å². The molecular weight excluding hydrogens is 182 g/mol. The first-order valence-electron chi connectivity index (χ1n) is 3.84. The van der Waals surface area contributed by atoms with Gasteiger partial charge in [0.1, 0.15) is 10.2 Å². The molecule has 67 valence electrons. The number of pyridine rings is 1. The van der Waals surface area contributed by atoms with Crippen LogP contribution in [0.3, 0.4) is 0 Å². The van der Waals surface area contributed by atoms with Crippen molar-refractivity contribution >= 4 is 21.5 Å². The Morgan fingerprint density at radius 1 is 1.54 bits per heavy atom. The van der Waals surface area contributed by atoms with Gasteiger partial charge in [-0.1, -0.05) is 0 Å². The van der Waals surface area contributed by atoms with Gasteiger partial charge in [-0.25, -0.2) is 4.79 Å². The number of nitrogens with zero attached hydrogens (tertiary/aromatic N) is 1. The maximum Gasteiger partial charge on any atom is 0.339 e. The molecule has 13 heavy (non-hydrogen) atoms. The van der Waals surface area contributed by atoms with Crippen LogP contribution >= 0.6 is 0 Å². The van der Waals surface area contributed by atoms with E-state index in [0.717, 1.165) is 11.1 Å². The van der Waals surface area contributed by atoms with E-state index in [4.69, 9.17) is 0 Å². The monoisotopic (exact) mass is 192 g/mol. The molecule has 1 aromatic heterocycles. The number of carbonyl (C=O) groups is 1. The Kier molecular flexibility index (Phi) is 2.82. The summed E-state index contributed by atoms with van der Waals surface area (Å²) in [6.07, 6.45) is 1.71. The van der Waals surface area contributed by atoms with E-state index in [2.05, 4.69) is 20.0 Å². The summed E-state index contributed by atoms with van der Waals surface area (Å²) < 4.78 is 4.64. The largest absolute Gasteiger partial charge is 0.465 e. The van der Waals surface area contributed by atoms with Gasteiger partial charge in [0.05, 0.1) is 12.7 Å². The highest BCUT2D eigenvalue weighted by Gasteiger charge is 2.14. The number of aryl methyl sites for hydroxylation is 1. The standard InChI is InChI=1S/C9H10NO2Si/c1-5-4-10-8(13)7(6(5)2)9(11)12-3/h4H,1-3H3. The number of hydrogen-bond donors (Lipinski definition) is 0. The number of ether oxygens (including phenoxy) is 1. The molecule has 0 fully saturated rings. The number of hydrogen-bond acceptors (Lipinski definition) is 3. The number of aromatic nitrogens is 1. The quantitative estimate of drug-likeness (QED) is 0.474. The summed E-state index contributed by atoms with van der Waals surface area (Å²) in [5, 5.41) is 0.523. The third-order valence-electron chi connectivity index (χ3n) is 1.98. The second-order valence-corrected chi connectivity index (χ2v) is 3.26. The second-order valence-electron chi connectivity index (χ2n) is 2.78. The summed E-state index contributed by atoms with van der Waals surface area (Å²) >= 11 is 0. The normalized spacial score (nSPS) is 9.85. The van der Waals surface area contributed by atoms with Crippen LogP contribution in [0, 0.1) is 13.8 Å². The lowest BCUT2D eigenvalue weighted by atomic mass is 10.1. The van der Waals surface area contributed by atoms with Crippen molar-refractivity contribution in [2.75, 3.05) is 7.11 Å². The highest BCUT2D eigenvalue weighted by molar-refractivity contribution is 6.34. The third kappa shape index (κ3) is 1.77. The van der Waals surface area contributed by atoms with Crippen molar-refractivity contribution in [2.45, 2.75) is 13.8 Å². The molecule has 0 amide bonds. The van der Waals surface area contributed by atoms with Crippen LogP contribution in [0.1, 0.15) is 21.5 Å². The summed E-state index contributed by atoms with van der Waals surface area (Å²) in [4.78, 5) is 15.3. The van der Waals surface area contributed by atoms with E-state index in [-0.39, 0.29) is 5.97 Å². The second kappa shape index (κ2) is 3.70. The summed E-state index contributed by atoms with van der Waals surface area (Å²) in [6.45, 7) is 3.77. The lowest BCUT2D eigenvalue weighted by molar-refractivity contribution is 0.0601. The molecule has 1 rings (SSSR count). The van der Waals surface area contributed by atoms with Crippen LogP contribution in [-0.2, 0) is 4.74 Å². The number of carbonyl (C=O) groups excluding carboxylic acids is 1. The minimum Gasteiger partial charge on any atom is -0.465 e. The molecule has 0 bridgehead atoms. The summed E-state index contributed by atoms with van der Waals surface area (Å²) in [7, 11) is 4.62. The zero-order valence-corrected chi connectivity index (χ0v) is 8.84. The zero-order chi connectivity index (χ0) is 10.0.